The second-order valence-electron chi connectivity index (χ2n) is 8.35. The van der Waals surface area contributed by atoms with Gasteiger partial charge in [0.05, 0.1) is 16.5 Å². The van der Waals surface area contributed by atoms with Crippen LogP contribution >= 0.6 is 11.8 Å². The summed E-state index contributed by atoms with van der Waals surface area (Å²) in [4.78, 5) is 28.0. The number of nitrogens with one attached hydrogen (secondary N) is 2. The normalized spacial score (nSPS) is 18.6. The van der Waals surface area contributed by atoms with E-state index in [0.29, 0.717) is 17.1 Å². The molecule has 0 spiro atoms. The van der Waals surface area contributed by atoms with Crippen LogP contribution in [0.4, 0.5) is 11.4 Å². The summed E-state index contributed by atoms with van der Waals surface area (Å²) in [5, 5.41) is 2.84. The van der Waals surface area contributed by atoms with E-state index in [1.807, 2.05) is 24.8 Å². The number of thioether (sulfide) groups is 1. The van der Waals surface area contributed by atoms with Gasteiger partial charge in [-0.15, -0.1) is 11.8 Å². The van der Waals surface area contributed by atoms with Crippen LogP contribution in [0.25, 0.3) is 0 Å². The number of carbonyl (C=O) groups is 2. The molecule has 0 bridgehead atoms. The zero-order chi connectivity index (χ0) is 22.9. The van der Waals surface area contributed by atoms with E-state index in [9.17, 15) is 18.0 Å². The highest BCUT2D eigenvalue weighted by molar-refractivity contribution is 7.99. The molecule has 2 heterocycles. The van der Waals surface area contributed by atoms with E-state index in [4.69, 9.17) is 0 Å². The van der Waals surface area contributed by atoms with Gasteiger partial charge in [-0.2, -0.15) is 0 Å². The quantitative estimate of drug-likeness (QED) is 0.689. The van der Waals surface area contributed by atoms with Crippen LogP contribution in [-0.4, -0.2) is 44.0 Å². The maximum Gasteiger partial charge on any atom is 0.261 e. The molecular weight excluding hydrogens is 446 g/mol. The lowest BCUT2D eigenvalue weighted by Gasteiger charge is -2.18. The smallest absolute Gasteiger partial charge is 0.261 e. The molecule has 1 atom stereocenters. The van der Waals surface area contributed by atoms with Crippen molar-refractivity contribution in [3.63, 3.8) is 0 Å². The topological polar surface area (TPSA) is 95.6 Å². The van der Waals surface area contributed by atoms with Gasteiger partial charge in [-0.05, 0) is 68.1 Å². The van der Waals surface area contributed by atoms with Gasteiger partial charge < -0.3 is 10.2 Å². The summed E-state index contributed by atoms with van der Waals surface area (Å²) in [6.07, 6.45) is 2.19. The van der Waals surface area contributed by atoms with Crippen molar-refractivity contribution >= 4 is 45.0 Å². The second-order valence-corrected chi connectivity index (χ2v) is 11.1. The standard InChI is InChI=1S/C23H27N3O4S2/c1-15-5-6-18(11-16(15)2)25-32(29,30)19-7-8-21-20(13-19)24-23(28)17(14-31-21)12-22(27)26-9-3-4-10-26/h5-8,11,13,17,25H,3-4,9-10,12,14H2,1-2H3,(H,24,28)/t17-/m0/s1. The van der Waals surface area contributed by atoms with Crippen molar-refractivity contribution in [2.24, 2.45) is 5.92 Å². The van der Waals surface area contributed by atoms with Crippen LogP contribution in [0.1, 0.15) is 30.4 Å². The lowest BCUT2D eigenvalue weighted by atomic mass is 10.1. The number of hydrogen-bond acceptors (Lipinski definition) is 5. The number of rotatable bonds is 5. The molecule has 1 saturated heterocycles. The lowest BCUT2D eigenvalue weighted by Crippen LogP contribution is -2.33. The van der Waals surface area contributed by atoms with Crippen LogP contribution in [-0.2, 0) is 19.6 Å². The van der Waals surface area contributed by atoms with Gasteiger partial charge >= 0.3 is 0 Å². The van der Waals surface area contributed by atoms with Crippen molar-refractivity contribution in [1.82, 2.24) is 4.90 Å². The Morgan fingerprint density at radius 3 is 2.59 bits per heavy atom. The fourth-order valence-corrected chi connectivity index (χ4v) is 6.03. The number of fused-ring (bicyclic) bond motifs is 1. The molecule has 4 rings (SSSR count). The summed E-state index contributed by atoms with van der Waals surface area (Å²) in [6, 6.07) is 10.1. The molecule has 0 unspecified atom stereocenters. The highest BCUT2D eigenvalue weighted by Crippen LogP contribution is 2.35. The van der Waals surface area contributed by atoms with Crippen molar-refractivity contribution in [1.29, 1.82) is 0 Å². The van der Waals surface area contributed by atoms with Crippen LogP contribution in [0.5, 0.6) is 0 Å². The molecule has 2 aliphatic heterocycles. The fourth-order valence-electron chi connectivity index (χ4n) is 3.88. The summed E-state index contributed by atoms with van der Waals surface area (Å²) in [5.74, 6) is -0.212. The number of benzene rings is 2. The summed E-state index contributed by atoms with van der Waals surface area (Å²) in [7, 11) is -3.82. The number of hydrogen-bond donors (Lipinski definition) is 2. The first-order chi connectivity index (χ1) is 15.2. The van der Waals surface area contributed by atoms with Gasteiger partial charge in [0.25, 0.3) is 10.0 Å². The van der Waals surface area contributed by atoms with E-state index < -0.39 is 15.9 Å². The van der Waals surface area contributed by atoms with Crippen molar-refractivity contribution in [3.8, 4) is 0 Å². The van der Waals surface area contributed by atoms with Crippen LogP contribution < -0.4 is 10.0 Å². The first-order valence-electron chi connectivity index (χ1n) is 10.7. The molecule has 0 radical (unpaired) electrons. The van der Waals surface area contributed by atoms with E-state index in [1.54, 1.807) is 18.2 Å². The number of anilines is 2. The third-order valence-electron chi connectivity index (χ3n) is 5.97. The van der Waals surface area contributed by atoms with Crippen molar-refractivity contribution in [3.05, 3.63) is 47.5 Å². The molecular formula is C23H27N3O4S2. The van der Waals surface area contributed by atoms with Gasteiger partial charge in [-0.3, -0.25) is 14.3 Å². The molecule has 0 aliphatic carbocycles. The Balaban J connectivity index is 1.50. The Bertz CT molecular complexity index is 1160. The zero-order valence-corrected chi connectivity index (χ0v) is 19.8. The minimum atomic E-state index is -3.82. The summed E-state index contributed by atoms with van der Waals surface area (Å²) in [6.45, 7) is 5.41. The molecule has 32 heavy (non-hydrogen) atoms. The number of likely N-dealkylation sites (tertiary alicyclic amines) is 1. The van der Waals surface area contributed by atoms with Gasteiger partial charge in [0.2, 0.25) is 11.8 Å². The van der Waals surface area contributed by atoms with Gasteiger partial charge in [-0.25, -0.2) is 8.42 Å². The van der Waals surface area contributed by atoms with E-state index in [0.717, 1.165) is 42.0 Å². The van der Waals surface area contributed by atoms with Gasteiger partial charge in [-0.1, -0.05) is 6.07 Å². The first kappa shape index (κ1) is 22.7. The molecule has 170 valence electrons. The number of sulfonamides is 1. The van der Waals surface area contributed by atoms with Crippen molar-refractivity contribution in [2.75, 3.05) is 28.9 Å². The maximum absolute atomic E-state index is 12.9. The number of aryl methyl sites for hydroxylation is 2. The average Bonchev–Trinajstić information content (AvgIpc) is 3.24. The summed E-state index contributed by atoms with van der Waals surface area (Å²) in [5.41, 5.74) is 3.02. The van der Waals surface area contributed by atoms with E-state index in [2.05, 4.69) is 10.0 Å². The first-order valence-corrected chi connectivity index (χ1v) is 13.2. The number of nitrogens with zero attached hydrogens (tertiary/aromatic N) is 1. The van der Waals surface area contributed by atoms with E-state index >= 15 is 0 Å². The predicted molar refractivity (Wildman–Crippen MR) is 126 cm³/mol. The second kappa shape index (κ2) is 9.15. The third-order valence-corrected chi connectivity index (χ3v) is 8.58. The molecule has 2 aromatic carbocycles. The highest BCUT2D eigenvalue weighted by Gasteiger charge is 2.30. The van der Waals surface area contributed by atoms with Gasteiger partial charge in [0.15, 0.2) is 0 Å². The molecule has 2 amide bonds. The molecule has 1 fully saturated rings. The highest BCUT2D eigenvalue weighted by atomic mass is 32.2. The SMILES string of the molecule is Cc1ccc(NS(=O)(=O)c2ccc3c(c2)NC(=O)[C@@H](CC(=O)N2CCCC2)CS3)cc1C. The fraction of sp³-hybridized carbons (Fsp3) is 0.391. The van der Waals surface area contributed by atoms with Gasteiger partial charge in [0, 0.05) is 35.8 Å². The molecule has 0 aromatic heterocycles. The Morgan fingerprint density at radius 2 is 1.88 bits per heavy atom. The van der Waals surface area contributed by atoms with E-state index in [1.165, 1.54) is 23.9 Å². The maximum atomic E-state index is 12.9. The minimum Gasteiger partial charge on any atom is -0.343 e. The van der Waals surface area contributed by atoms with Crippen LogP contribution in [0, 0.1) is 19.8 Å². The molecule has 9 heteroatoms. The van der Waals surface area contributed by atoms with E-state index in [-0.39, 0.29) is 23.1 Å². The molecule has 2 aliphatic rings. The minimum absolute atomic E-state index is 0.00932. The van der Waals surface area contributed by atoms with Crippen molar-refractivity contribution in [2.45, 2.75) is 42.9 Å². The van der Waals surface area contributed by atoms with Crippen LogP contribution in [0.3, 0.4) is 0 Å². The number of amides is 2. The largest absolute Gasteiger partial charge is 0.343 e. The molecule has 0 saturated carbocycles. The Labute approximate surface area is 193 Å². The Hall–Kier alpha value is -2.52. The molecule has 2 aromatic rings. The Kier molecular flexibility index (Phi) is 6.48. The Morgan fingerprint density at radius 1 is 1.12 bits per heavy atom. The van der Waals surface area contributed by atoms with Crippen LogP contribution in [0.2, 0.25) is 0 Å². The molecule has 2 N–H and O–H groups in total. The zero-order valence-electron chi connectivity index (χ0n) is 18.2. The average molecular weight is 474 g/mol. The number of carbonyl (C=O) groups excluding carboxylic acids is 2. The van der Waals surface area contributed by atoms with Crippen molar-refractivity contribution < 1.29 is 18.0 Å². The third kappa shape index (κ3) is 4.94. The van der Waals surface area contributed by atoms with Gasteiger partial charge in [0.1, 0.15) is 0 Å². The lowest BCUT2D eigenvalue weighted by molar-refractivity contribution is -0.133. The monoisotopic (exact) mass is 473 g/mol. The van der Waals surface area contributed by atoms with Crippen LogP contribution in [0.15, 0.2) is 46.2 Å². The predicted octanol–water partition coefficient (Wildman–Crippen LogP) is 3.78. The summed E-state index contributed by atoms with van der Waals surface area (Å²) < 4.78 is 28.5. The summed E-state index contributed by atoms with van der Waals surface area (Å²) >= 11 is 1.46. The molecule has 7 nitrogen and oxygen atoms in total.